The first-order valence-corrected chi connectivity index (χ1v) is 7.78. The molecule has 0 atom stereocenters. The van der Waals surface area contributed by atoms with E-state index in [0.717, 1.165) is 16.7 Å². The lowest BCUT2D eigenvalue weighted by molar-refractivity contribution is 0.0697. The highest BCUT2D eigenvalue weighted by molar-refractivity contribution is 5.92. The van der Waals surface area contributed by atoms with Gasteiger partial charge in [-0.25, -0.2) is 4.79 Å². The quantitative estimate of drug-likeness (QED) is 0.535. The van der Waals surface area contributed by atoms with Gasteiger partial charge in [-0.1, -0.05) is 66.7 Å². The molecule has 25 heavy (non-hydrogen) atoms. The second kappa shape index (κ2) is 7.29. The lowest BCUT2D eigenvalue weighted by Gasteiger charge is -2.03. The molecule has 0 aliphatic carbocycles. The smallest absolute Gasteiger partial charge is 0.335 e. The molecule has 0 saturated carbocycles. The number of hydrogen-bond donors (Lipinski definition) is 1. The number of benzene rings is 3. The van der Waals surface area contributed by atoms with Crippen molar-refractivity contribution in [1.29, 1.82) is 5.26 Å². The van der Waals surface area contributed by atoms with Crippen molar-refractivity contribution in [2.75, 3.05) is 0 Å². The summed E-state index contributed by atoms with van der Waals surface area (Å²) in [6.45, 7) is 0. The number of carboxylic acid groups (broad SMARTS) is 1. The SMILES string of the molecule is N#C/C(=C/c1ccc(-c2ccccc2)cc1)c1ccc(C(=O)O)cc1. The van der Waals surface area contributed by atoms with E-state index in [2.05, 4.69) is 18.2 Å². The molecular weight excluding hydrogens is 310 g/mol. The van der Waals surface area contributed by atoms with Crippen molar-refractivity contribution in [2.24, 2.45) is 0 Å². The van der Waals surface area contributed by atoms with Crippen molar-refractivity contribution < 1.29 is 9.90 Å². The maximum absolute atomic E-state index is 10.9. The van der Waals surface area contributed by atoms with E-state index in [-0.39, 0.29) is 5.56 Å². The van der Waals surface area contributed by atoms with Crippen LogP contribution in [0.15, 0.2) is 78.9 Å². The molecule has 0 spiro atoms. The Morgan fingerprint density at radius 2 is 1.36 bits per heavy atom. The van der Waals surface area contributed by atoms with Gasteiger partial charge in [0.15, 0.2) is 0 Å². The van der Waals surface area contributed by atoms with Crippen LogP contribution in [-0.2, 0) is 0 Å². The minimum atomic E-state index is -0.981. The summed E-state index contributed by atoms with van der Waals surface area (Å²) in [4.78, 5) is 10.9. The van der Waals surface area contributed by atoms with Crippen LogP contribution in [0.3, 0.4) is 0 Å². The average molecular weight is 325 g/mol. The van der Waals surface area contributed by atoms with Crippen LogP contribution in [0.4, 0.5) is 0 Å². The van der Waals surface area contributed by atoms with Gasteiger partial charge < -0.3 is 5.11 Å². The van der Waals surface area contributed by atoms with Crippen LogP contribution in [0.1, 0.15) is 21.5 Å². The van der Waals surface area contributed by atoms with E-state index in [1.165, 1.54) is 12.1 Å². The van der Waals surface area contributed by atoms with Gasteiger partial charge in [0.1, 0.15) is 0 Å². The number of allylic oxidation sites excluding steroid dienone is 1. The first-order valence-electron chi connectivity index (χ1n) is 7.78. The van der Waals surface area contributed by atoms with Crippen molar-refractivity contribution in [3.05, 3.63) is 95.6 Å². The van der Waals surface area contributed by atoms with E-state index in [4.69, 9.17) is 5.11 Å². The van der Waals surface area contributed by atoms with Gasteiger partial charge in [0, 0.05) is 0 Å². The van der Waals surface area contributed by atoms with Crippen molar-refractivity contribution in [1.82, 2.24) is 0 Å². The molecule has 3 aromatic rings. The molecule has 0 radical (unpaired) electrons. The third kappa shape index (κ3) is 3.82. The van der Waals surface area contributed by atoms with Crippen LogP contribution in [0.25, 0.3) is 22.8 Å². The van der Waals surface area contributed by atoms with E-state index >= 15 is 0 Å². The monoisotopic (exact) mass is 325 g/mol. The summed E-state index contributed by atoms with van der Waals surface area (Å²) in [6.07, 6.45) is 1.80. The number of nitriles is 1. The lowest BCUT2D eigenvalue weighted by atomic mass is 10.0. The minimum Gasteiger partial charge on any atom is -0.478 e. The summed E-state index contributed by atoms with van der Waals surface area (Å²) in [5, 5.41) is 18.4. The summed E-state index contributed by atoms with van der Waals surface area (Å²) in [5.41, 5.74) is 4.56. The van der Waals surface area contributed by atoms with E-state index in [9.17, 15) is 10.1 Å². The Morgan fingerprint density at radius 1 is 0.800 bits per heavy atom. The van der Waals surface area contributed by atoms with Gasteiger partial charge in [-0.2, -0.15) is 5.26 Å². The molecule has 1 N–H and O–H groups in total. The first kappa shape index (κ1) is 16.2. The Hall–Kier alpha value is -3.64. The fourth-order valence-corrected chi connectivity index (χ4v) is 2.54. The number of carbonyl (C=O) groups is 1. The second-order valence-corrected chi connectivity index (χ2v) is 5.54. The zero-order chi connectivity index (χ0) is 17.6. The number of nitrogens with zero attached hydrogens (tertiary/aromatic N) is 1. The highest BCUT2D eigenvalue weighted by atomic mass is 16.4. The molecule has 0 aliphatic heterocycles. The molecule has 120 valence electrons. The number of rotatable bonds is 4. The Kier molecular flexibility index (Phi) is 4.73. The van der Waals surface area contributed by atoms with Gasteiger partial charge in [0.25, 0.3) is 0 Å². The standard InChI is InChI=1S/C22H15NO2/c23-15-21(19-10-12-20(13-11-19)22(24)25)14-16-6-8-18(9-7-16)17-4-2-1-3-5-17/h1-14H,(H,24,25)/b21-14-. The molecule has 0 unspecified atom stereocenters. The highest BCUT2D eigenvalue weighted by Crippen LogP contribution is 2.22. The van der Waals surface area contributed by atoms with Crippen LogP contribution in [-0.4, -0.2) is 11.1 Å². The van der Waals surface area contributed by atoms with E-state index in [1.807, 2.05) is 42.5 Å². The van der Waals surface area contributed by atoms with Crippen molar-refractivity contribution in [3.63, 3.8) is 0 Å². The molecule has 0 heterocycles. The molecule has 0 aromatic heterocycles. The first-order chi connectivity index (χ1) is 12.2. The Balaban J connectivity index is 1.87. The van der Waals surface area contributed by atoms with Crippen molar-refractivity contribution >= 4 is 17.6 Å². The maximum Gasteiger partial charge on any atom is 0.335 e. The number of hydrogen-bond acceptors (Lipinski definition) is 2. The van der Waals surface area contributed by atoms with Crippen molar-refractivity contribution in [2.45, 2.75) is 0 Å². The summed E-state index contributed by atoms with van der Waals surface area (Å²) in [5.74, 6) is -0.981. The third-order valence-electron chi connectivity index (χ3n) is 3.89. The lowest BCUT2D eigenvalue weighted by Crippen LogP contribution is -1.95. The van der Waals surface area contributed by atoms with Gasteiger partial charge in [-0.05, 0) is 40.5 Å². The molecule has 3 nitrogen and oxygen atoms in total. The summed E-state index contributed by atoms with van der Waals surface area (Å²) < 4.78 is 0. The maximum atomic E-state index is 10.9. The Morgan fingerprint density at radius 3 is 1.92 bits per heavy atom. The van der Waals surface area contributed by atoms with Gasteiger partial charge in [0.05, 0.1) is 17.2 Å². The predicted molar refractivity (Wildman–Crippen MR) is 98.8 cm³/mol. The molecule has 0 fully saturated rings. The summed E-state index contributed by atoms with van der Waals surface area (Å²) >= 11 is 0. The van der Waals surface area contributed by atoms with Gasteiger partial charge in [0.2, 0.25) is 0 Å². The van der Waals surface area contributed by atoms with E-state index < -0.39 is 5.97 Å². The largest absolute Gasteiger partial charge is 0.478 e. The van der Waals surface area contributed by atoms with Gasteiger partial charge in [-0.3, -0.25) is 0 Å². The van der Waals surface area contributed by atoms with Crippen molar-refractivity contribution in [3.8, 4) is 17.2 Å². The van der Waals surface area contributed by atoms with Crippen LogP contribution in [0.2, 0.25) is 0 Å². The average Bonchev–Trinajstić information content (AvgIpc) is 2.67. The molecule has 0 amide bonds. The predicted octanol–water partition coefficient (Wildman–Crippen LogP) is 5.12. The van der Waals surface area contributed by atoms with Crippen LogP contribution >= 0.6 is 0 Å². The fourth-order valence-electron chi connectivity index (χ4n) is 2.54. The highest BCUT2D eigenvalue weighted by Gasteiger charge is 2.05. The minimum absolute atomic E-state index is 0.202. The molecule has 0 aliphatic rings. The molecule has 0 bridgehead atoms. The van der Waals surface area contributed by atoms with Crippen LogP contribution in [0, 0.1) is 11.3 Å². The summed E-state index contributed by atoms with van der Waals surface area (Å²) in [6, 6.07) is 26.5. The Bertz CT molecular complexity index is 948. The van der Waals surface area contributed by atoms with Gasteiger partial charge in [-0.15, -0.1) is 0 Å². The topological polar surface area (TPSA) is 61.1 Å². The molecule has 3 heteroatoms. The normalized spacial score (nSPS) is 10.9. The van der Waals surface area contributed by atoms with E-state index in [0.29, 0.717) is 11.1 Å². The number of aromatic carboxylic acids is 1. The third-order valence-corrected chi connectivity index (χ3v) is 3.89. The van der Waals surface area contributed by atoms with Crippen LogP contribution < -0.4 is 0 Å². The van der Waals surface area contributed by atoms with Gasteiger partial charge >= 0.3 is 5.97 Å². The summed E-state index contributed by atoms with van der Waals surface area (Å²) in [7, 11) is 0. The molecule has 3 rings (SSSR count). The molecule has 3 aromatic carbocycles. The molecular formula is C22H15NO2. The second-order valence-electron chi connectivity index (χ2n) is 5.54. The number of carboxylic acids is 1. The zero-order valence-electron chi connectivity index (χ0n) is 13.4. The fraction of sp³-hybridized carbons (Fsp3) is 0. The van der Waals surface area contributed by atoms with E-state index in [1.54, 1.807) is 18.2 Å². The van der Waals surface area contributed by atoms with Crippen LogP contribution in [0.5, 0.6) is 0 Å². The Labute approximate surface area is 146 Å². The zero-order valence-corrected chi connectivity index (χ0v) is 13.4. The molecule has 0 saturated heterocycles.